The largest absolute Gasteiger partial charge is 0.497 e. The van der Waals surface area contributed by atoms with Gasteiger partial charge in [0.25, 0.3) is 0 Å². The van der Waals surface area contributed by atoms with Crippen LogP contribution in [0, 0.1) is 10.8 Å². The number of fused-ring (bicyclic) bond motifs is 3. The SMILES string of the molecule is COc1cccc(CN(CC23CCC(CO)(CC2)CC3)C(=O)OC(C)(C)C)c1. The van der Waals surface area contributed by atoms with E-state index in [1.165, 1.54) is 0 Å². The van der Waals surface area contributed by atoms with Crippen molar-refractivity contribution in [1.29, 1.82) is 0 Å². The third kappa shape index (κ3) is 4.80. The number of nitrogens with zero attached hydrogens (tertiary/aromatic N) is 1. The lowest BCUT2D eigenvalue weighted by molar-refractivity contribution is -0.0602. The van der Waals surface area contributed by atoms with Crippen molar-refractivity contribution < 1.29 is 19.4 Å². The van der Waals surface area contributed by atoms with E-state index < -0.39 is 5.60 Å². The molecule has 0 aromatic heterocycles. The highest BCUT2D eigenvalue weighted by atomic mass is 16.6. The Labute approximate surface area is 169 Å². The van der Waals surface area contributed by atoms with Gasteiger partial charge in [0.05, 0.1) is 7.11 Å². The van der Waals surface area contributed by atoms with Gasteiger partial charge in [-0.15, -0.1) is 0 Å². The van der Waals surface area contributed by atoms with Crippen molar-refractivity contribution >= 4 is 6.09 Å². The van der Waals surface area contributed by atoms with Crippen molar-refractivity contribution in [2.24, 2.45) is 10.8 Å². The van der Waals surface area contributed by atoms with Gasteiger partial charge in [-0.3, -0.25) is 0 Å². The van der Waals surface area contributed by atoms with E-state index in [2.05, 4.69) is 0 Å². The predicted octanol–water partition coefficient (Wildman–Crippen LogP) is 4.77. The molecule has 28 heavy (non-hydrogen) atoms. The number of hydrogen-bond donors (Lipinski definition) is 1. The molecule has 3 aliphatic carbocycles. The molecule has 4 rings (SSSR count). The Morgan fingerprint density at radius 1 is 1.11 bits per heavy atom. The summed E-state index contributed by atoms with van der Waals surface area (Å²) in [4.78, 5) is 14.9. The van der Waals surface area contributed by atoms with Gasteiger partial charge in [0.2, 0.25) is 0 Å². The lowest BCUT2D eigenvalue weighted by Crippen LogP contribution is -2.50. The van der Waals surface area contributed by atoms with Gasteiger partial charge in [-0.05, 0) is 87.8 Å². The van der Waals surface area contributed by atoms with Crippen molar-refractivity contribution in [2.75, 3.05) is 20.3 Å². The zero-order valence-electron chi connectivity index (χ0n) is 17.8. The van der Waals surface area contributed by atoms with Gasteiger partial charge in [-0.25, -0.2) is 4.79 Å². The second-order valence-corrected chi connectivity index (χ2v) is 9.85. The third-order valence-corrected chi connectivity index (χ3v) is 6.58. The van der Waals surface area contributed by atoms with Gasteiger partial charge in [-0.2, -0.15) is 0 Å². The highest BCUT2D eigenvalue weighted by Crippen LogP contribution is 2.56. The Kier molecular flexibility index (Phi) is 5.95. The minimum Gasteiger partial charge on any atom is -0.497 e. The first-order valence-corrected chi connectivity index (χ1v) is 10.4. The van der Waals surface area contributed by atoms with Gasteiger partial charge >= 0.3 is 6.09 Å². The van der Waals surface area contributed by atoms with Crippen molar-refractivity contribution in [3.05, 3.63) is 29.8 Å². The number of benzene rings is 1. The summed E-state index contributed by atoms with van der Waals surface area (Å²) < 4.78 is 11.1. The molecule has 156 valence electrons. The minimum absolute atomic E-state index is 0.130. The average Bonchev–Trinajstić information content (AvgIpc) is 2.68. The van der Waals surface area contributed by atoms with Crippen LogP contribution < -0.4 is 4.74 Å². The van der Waals surface area contributed by atoms with Crippen LogP contribution in [0.3, 0.4) is 0 Å². The van der Waals surface area contributed by atoms with Crippen molar-refractivity contribution in [3.8, 4) is 5.75 Å². The fraction of sp³-hybridized carbons (Fsp3) is 0.696. The second-order valence-electron chi connectivity index (χ2n) is 9.85. The van der Waals surface area contributed by atoms with Crippen LogP contribution in [0.5, 0.6) is 5.75 Å². The van der Waals surface area contributed by atoms with Gasteiger partial charge in [0, 0.05) is 19.7 Å². The van der Waals surface area contributed by atoms with E-state index in [0.29, 0.717) is 19.7 Å². The van der Waals surface area contributed by atoms with E-state index in [1.54, 1.807) is 7.11 Å². The minimum atomic E-state index is -0.521. The molecule has 0 radical (unpaired) electrons. The standard InChI is InChI=1S/C23H35NO4/c1-21(2,3)28-20(26)24(15-18-6-5-7-19(14-18)27-4)16-22-8-11-23(17-25,12-9-22)13-10-22/h5-7,14,25H,8-13,15-17H2,1-4H3. The zero-order valence-corrected chi connectivity index (χ0v) is 17.8. The summed E-state index contributed by atoms with van der Waals surface area (Å²) >= 11 is 0. The van der Waals surface area contributed by atoms with Crippen LogP contribution in [0.25, 0.3) is 0 Å². The van der Waals surface area contributed by atoms with Crippen LogP contribution in [-0.2, 0) is 11.3 Å². The smallest absolute Gasteiger partial charge is 0.410 e. The van der Waals surface area contributed by atoms with E-state index in [1.807, 2.05) is 49.9 Å². The Morgan fingerprint density at radius 3 is 2.25 bits per heavy atom. The van der Waals surface area contributed by atoms with E-state index in [4.69, 9.17) is 9.47 Å². The maximum Gasteiger partial charge on any atom is 0.410 e. The Morgan fingerprint density at radius 2 is 1.71 bits per heavy atom. The summed E-state index contributed by atoms with van der Waals surface area (Å²) in [5.41, 5.74) is 0.794. The molecule has 0 heterocycles. The van der Waals surface area contributed by atoms with Gasteiger partial charge in [0.15, 0.2) is 0 Å². The molecule has 5 heteroatoms. The molecule has 2 bridgehead atoms. The fourth-order valence-corrected chi connectivity index (χ4v) is 4.72. The van der Waals surface area contributed by atoms with Crippen molar-refractivity contribution in [3.63, 3.8) is 0 Å². The van der Waals surface area contributed by atoms with E-state index in [-0.39, 0.29) is 16.9 Å². The summed E-state index contributed by atoms with van der Waals surface area (Å²) in [5.74, 6) is 0.794. The van der Waals surface area contributed by atoms with Crippen LogP contribution in [-0.4, -0.2) is 42.0 Å². The first kappa shape index (κ1) is 21.0. The topological polar surface area (TPSA) is 59.0 Å². The number of carbonyl (C=O) groups is 1. The zero-order chi connectivity index (χ0) is 20.4. The van der Waals surface area contributed by atoms with Crippen molar-refractivity contribution in [2.45, 2.75) is 71.4 Å². The van der Waals surface area contributed by atoms with E-state index in [9.17, 15) is 9.90 Å². The molecule has 3 fully saturated rings. The Bertz CT molecular complexity index is 670. The molecule has 1 N–H and O–H groups in total. The molecular weight excluding hydrogens is 354 g/mol. The highest BCUT2D eigenvalue weighted by molar-refractivity contribution is 5.68. The number of methoxy groups -OCH3 is 1. The molecule has 5 nitrogen and oxygen atoms in total. The average molecular weight is 390 g/mol. The molecule has 0 atom stereocenters. The summed E-state index contributed by atoms with van der Waals surface area (Å²) in [6.07, 6.45) is 6.15. The lowest BCUT2D eigenvalue weighted by Gasteiger charge is -2.54. The van der Waals surface area contributed by atoms with Crippen LogP contribution in [0.2, 0.25) is 0 Å². The summed E-state index contributed by atoms with van der Waals surface area (Å²) in [6, 6.07) is 7.87. The molecule has 3 saturated carbocycles. The first-order valence-electron chi connectivity index (χ1n) is 10.4. The molecule has 0 saturated heterocycles. The van der Waals surface area contributed by atoms with Crippen LogP contribution in [0.15, 0.2) is 24.3 Å². The number of amides is 1. The number of aliphatic hydroxyl groups is 1. The monoisotopic (exact) mass is 389 g/mol. The van der Waals surface area contributed by atoms with Crippen LogP contribution in [0.1, 0.15) is 64.9 Å². The van der Waals surface area contributed by atoms with Crippen LogP contribution in [0.4, 0.5) is 4.79 Å². The maximum atomic E-state index is 13.0. The first-order chi connectivity index (χ1) is 13.2. The molecule has 1 aromatic rings. The Hall–Kier alpha value is -1.75. The summed E-state index contributed by atoms with van der Waals surface area (Å²) in [6.45, 7) is 7.24. The molecule has 3 aliphatic rings. The molecule has 0 unspecified atom stereocenters. The quantitative estimate of drug-likeness (QED) is 0.762. The van der Waals surface area contributed by atoms with E-state index in [0.717, 1.165) is 49.8 Å². The highest BCUT2D eigenvalue weighted by Gasteiger charge is 2.49. The fourth-order valence-electron chi connectivity index (χ4n) is 4.72. The van der Waals surface area contributed by atoms with Gasteiger partial charge in [-0.1, -0.05) is 12.1 Å². The normalized spacial score (nSPS) is 26.8. The molecule has 1 amide bonds. The third-order valence-electron chi connectivity index (χ3n) is 6.58. The number of rotatable bonds is 6. The Balaban J connectivity index is 1.77. The lowest BCUT2D eigenvalue weighted by atomic mass is 9.54. The van der Waals surface area contributed by atoms with E-state index >= 15 is 0 Å². The van der Waals surface area contributed by atoms with Crippen LogP contribution >= 0.6 is 0 Å². The van der Waals surface area contributed by atoms with Crippen molar-refractivity contribution in [1.82, 2.24) is 4.90 Å². The number of ether oxygens (including phenoxy) is 2. The molecule has 0 aliphatic heterocycles. The number of carbonyl (C=O) groups excluding carboxylic acids is 1. The summed E-state index contributed by atoms with van der Waals surface area (Å²) in [7, 11) is 1.65. The summed E-state index contributed by atoms with van der Waals surface area (Å²) in [5, 5.41) is 9.80. The maximum absolute atomic E-state index is 13.0. The van der Waals surface area contributed by atoms with Gasteiger partial charge in [0.1, 0.15) is 11.4 Å². The molecule has 1 aromatic carbocycles. The number of hydrogen-bond acceptors (Lipinski definition) is 4. The molecular formula is C23H35NO4. The predicted molar refractivity (Wildman–Crippen MR) is 109 cm³/mol. The second kappa shape index (κ2) is 7.94. The van der Waals surface area contributed by atoms with Gasteiger partial charge < -0.3 is 19.5 Å². The molecule has 0 spiro atoms. The number of aliphatic hydroxyl groups excluding tert-OH is 1.